The van der Waals surface area contributed by atoms with Crippen molar-refractivity contribution in [2.75, 3.05) is 6.54 Å². The Bertz CT molecular complexity index is 809. The topological polar surface area (TPSA) is 51.0 Å². The van der Waals surface area contributed by atoms with Crippen molar-refractivity contribution in [3.8, 4) is 0 Å². The van der Waals surface area contributed by atoms with Gasteiger partial charge < -0.3 is 15.1 Å². The van der Waals surface area contributed by atoms with Gasteiger partial charge in [-0.25, -0.2) is 0 Å². The third-order valence-corrected chi connectivity index (χ3v) is 4.10. The van der Waals surface area contributed by atoms with Crippen LogP contribution in [0.3, 0.4) is 0 Å². The predicted molar refractivity (Wildman–Crippen MR) is 80.5 cm³/mol. The molecule has 0 fully saturated rings. The second-order valence-electron chi connectivity index (χ2n) is 5.20. The van der Waals surface area contributed by atoms with Crippen molar-refractivity contribution >= 4 is 22.4 Å². The first-order chi connectivity index (χ1) is 9.70. The van der Waals surface area contributed by atoms with Crippen LogP contribution >= 0.6 is 0 Å². The highest BCUT2D eigenvalue weighted by molar-refractivity contribution is 5.86. The van der Waals surface area contributed by atoms with Gasteiger partial charge in [-0.2, -0.15) is 0 Å². The third-order valence-electron chi connectivity index (χ3n) is 4.10. The van der Waals surface area contributed by atoms with E-state index in [0.717, 1.165) is 15.7 Å². The molecule has 20 heavy (non-hydrogen) atoms. The molecule has 0 N–H and O–H groups in total. The maximum Gasteiger partial charge on any atom is 0.209 e. The van der Waals surface area contributed by atoms with E-state index in [0.29, 0.717) is 24.2 Å². The first-order valence-electron chi connectivity index (χ1n) is 6.66. The second-order valence-corrected chi connectivity index (χ2v) is 5.20. The molecule has 2 aromatic carbocycles. The zero-order valence-electron chi connectivity index (χ0n) is 10.8. The minimum absolute atomic E-state index is 0.260. The van der Waals surface area contributed by atoms with E-state index in [2.05, 4.69) is 0 Å². The largest absolute Gasteiger partial charge is 0.802 e. The Morgan fingerprint density at radius 3 is 2.60 bits per heavy atom. The number of hydrogen-bond acceptors (Lipinski definition) is 2. The van der Waals surface area contributed by atoms with E-state index in [1.807, 2.05) is 42.5 Å². The Morgan fingerprint density at radius 2 is 1.75 bits per heavy atom. The molecule has 1 unspecified atom stereocenters. The Labute approximate surface area is 116 Å². The molecule has 2 heterocycles. The summed E-state index contributed by atoms with van der Waals surface area (Å²) in [5.74, 6) is 0.260. The van der Waals surface area contributed by atoms with E-state index >= 15 is 0 Å². The Balaban J connectivity index is 1.98. The Kier molecular flexibility index (Phi) is 2.22. The Hall–Kier alpha value is -2.30. The van der Waals surface area contributed by atoms with E-state index < -0.39 is 4.65 Å². The van der Waals surface area contributed by atoms with Crippen LogP contribution in [0.2, 0.25) is 0 Å². The lowest BCUT2D eigenvalue weighted by molar-refractivity contribution is 0.527. The molecule has 0 spiro atoms. The molecule has 4 heteroatoms. The lowest BCUT2D eigenvalue weighted by Crippen LogP contribution is -2.36. The molecule has 0 aliphatic carbocycles. The molecule has 4 nitrogen and oxygen atoms in total. The Morgan fingerprint density at radius 1 is 1.00 bits per heavy atom. The SMILES string of the molecule is [O-]n1c([N+]2([O-])CCc3ccccc32)cc2ccccc21. The fraction of sp³-hybridized carbons (Fsp3) is 0.125. The van der Waals surface area contributed by atoms with E-state index in [9.17, 15) is 10.4 Å². The van der Waals surface area contributed by atoms with Gasteiger partial charge >= 0.3 is 0 Å². The van der Waals surface area contributed by atoms with Gasteiger partial charge in [-0.1, -0.05) is 36.4 Å². The van der Waals surface area contributed by atoms with Gasteiger partial charge in [-0.3, -0.25) is 4.65 Å². The number of hydroxylamine groups is 1. The number of quaternary nitrogens is 1. The van der Waals surface area contributed by atoms with Crippen molar-refractivity contribution in [1.82, 2.24) is 9.38 Å². The van der Waals surface area contributed by atoms with Crippen molar-refractivity contribution in [3.05, 3.63) is 70.6 Å². The summed E-state index contributed by atoms with van der Waals surface area (Å²) in [4.78, 5) is 0. The zero-order valence-corrected chi connectivity index (χ0v) is 10.8. The minimum Gasteiger partial charge on any atom is -0.802 e. The molecule has 0 saturated carbocycles. The monoisotopic (exact) mass is 265 g/mol. The maximum atomic E-state index is 13.2. The van der Waals surface area contributed by atoms with Gasteiger partial charge in [-0.15, -0.1) is 0 Å². The summed E-state index contributed by atoms with van der Waals surface area (Å²) in [7, 11) is 0. The first kappa shape index (κ1) is 11.5. The second kappa shape index (κ2) is 3.85. The van der Waals surface area contributed by atoms with Crippen LogP contribution in [0.5, 0.6) is 0 Å². The smallest absolute Gasteiger partial charge is 0.209 e. The van der Waals surface area contributed by atoms with Gasteiger partial charge in [0.1, 0.15) is 5.69 Å². The van der Waals surface area contributed by atoms with Crippen LogP contribution in [0.4, 0.5) is 11.5 Å². The first-order valence-corrected chi connectivity index (χ1v) is 6.66. The molecule has 0 amide bonds. The molecular weight excluding hydrogens is 252 g/mol. The van der Waals surface area contributed by atoms with Crippen LogP contribution in [-0.2, 0) is 6.42 Å². The van der Waals surface area contributed by atoms with Crippen LogP contribution in [0, 0.1) is 10.4 Å². The van der Waals surface area contributed by atoms with E-state index in [-0.39, 0.29) is 5.82 Å². The van der Waals surface area contributed by atoms with Crippen LogP contribution < -0.4 is 4.65 Å². The summed E-state index contributed by atoms with van der Waals surface area (Å²) in [5.41, 5.74) is 2.28. The van der Waals surface area contributed by atoms with Crippen molar-refractivity contribution < 1.29 is 0 Å². The number of para-hydroxylation sites is 2. The fourth-order valence-corrected chi connectivity index (χ4v) is 3.08. The van der Waals surface area contributed by atoms with E-state index in [1.165, 1.54) is 0 Å². The average Bonchev–Trinajstić information content (AvgIpc) is 3.00. The van der Waals surface area contributed by atoms with Crippen LogP contribution in [0.15, 0.2) is 54.6 Å². The lowest BCUT2D eigenvalue weighted by Gasteiger charge is -2.39. The molecule has 0 radical (unpaired) electrons. The molecule has 0 saturated heterocycles. The zero-order chi connectivity index (χ0) is 13.7. The maximum absolute atomic E-state index is 13.2. The van der Waals surface area contributed by atoms with Crippen molar-refractivity contribution in [1.29, 1.82) is 0 Å². The highest BCUT2D eigenvalue weighted by atomic mass is 16.6. The van der Waals surface area contributed by atoms with Crippen molar-refractivity contribution in [2.24, 2.45) is 0 Å². The third kappa shape index (κ3) is 1.37. The number of rotatable bonds is 1. The molecule has 1 atom stereocenters. The standard InChI is InChI=1S/C16H13N2O2/c19-17-14-7-3-1-6-13(14)11-16(17)18(20)10-9-12-5-2-4-8-15(12)18/h1-8,11H,9-10H2/q-1. The number of nitrogens with zero attached hydrogens (tertiary/aromatic N) is 2. The van der Waals surface area contributed by atoms with Crippen LogP contribution in [0.25, 0.3) is 10.9 Å². The van der Waals surface area contributed by atoms with Crippen LogP contribution in [0.1, 0.15) is 5.56 Å². The van der Waals surface area contributed by atoms with Gasteiger partial charge in [0.15, 0.2) is 0 Å². The summed E-state index contributed by atoms with van der Waals surface area (Å²) < 4.78 is 0.124. The molecule has 3 aromatic rings. The summed E-state index contributed by atoms with van der Waals surface area (Å²) in [6.07, 6.45) is 0.710. The van der Waals surface area contributed by atoms with Gasteiger partial charge in [0.25, 0.3) is 0 Å². The number of fused-ring (bicyclic) bond motifs is 2. The van der Waals surface area contributed by atoms with Gasteiger partial charge in [-0.05, 0) is 6.07 Å². The van der Waals surface area contributed by atoms with E-state index in [1.54, 1.807) is 12.1 Å². The van der Waals surface area contributed by atoms with Gasteiger partial charge in [0.2, 0.25) is 5.82 Å². The molecule has 0 bridgehead atoms. The van der Waals surface area contributed by atoms with Gasteiger partial charge in [0, 0.05) is 35.0 Å². The summed E-state index contributed by atoms with van der Waals surface area (Å²) >= 11 is 0. The summed E-state index contributed by atoms with van der Waals surface area (Å²) in [6.45, 7) is 0.387. The number of hydrogen-bond donors (Lipinski definition) is 0. The average molecular weight is 265 g/mol. The quantitative estimate of drug-likeness (QED) is 0.498. The van der Waals surface area contributed by atoms with Gasteiger partial charge in [0.05, 0.1) is 6.54 Å². The van der Waals surface area contributed by atoms with Crippen molar-refractivity contribution in [3.63, 3.8) is 0 Å². The lowest BCUT2D eigenvalue weighted by atomic mass is 10.2. The highest BCUT2D eigenvalue weighted by Gasteiger charge is 2.34. The molecule has 1 aliphatic rings. The normalized spacial score (nSPS) is 21.2. The molecular formula is C16H13N2O2-. The minimum atomic E-state index is -0.658. The van der Waals surface area contributed by atoms with Crippen LogP contribution in [-0.4, -0.2) is 11.3 Å². The fourth-order valence-electron chi connectivity index (χ4n) is 3.08. The molecule has 1 aliphatic heterocycles. The van der Waals surface area contributed by atoms with E-state index in [4.69, 9.17) is 0 Å². The predicted octanol–water partition coefficient (Wildman–Crippen LogP) is 3.68. The molecule has 1 aromatic heterocycles. The highest BCUT2D eigenvalue weighted by Crippen LogP contribution is 2.43. The number of benzene rings is 2. The molecule has 4 rings (SSSR count). The number of aromatic nitrogens is 1. The summed E-state index contributed by atoms with van der Waals surface area (Å²) in [6, 6.07) is 16.6. The summed E-state index contributed by atoms with van der Waals surface area (Å²) in [5, 5.41) is 26.5. The van der Waals surface area contributed by atoms with Crippen molar-refractivity contribution in [2.45, 2.75) is 6.42 Å². The molecule has 100 valence electrons.